The number of aryl methyl sites for hydroxylation is 1. The Bertz CT molecular complexity index is 609. The van der Waals surface area contributed by atoms with E-state index in [4.69, 9.17) is 5.73 Å². The third-order valence-corrected chi connectivity index (χ3v) is 4.92. The predicted molar refractivity (Wildman–Crippen MR) is 80.8 cm³/mol. The highest BCUT2D eigenvalue weighted by atomic mass is 32.1. The molecule has 3 rings (SSSR count). The van der Waals surface area contributed by atoms with E-state index in [1.165, 1.54) is 11.3 Å². The van der Waals surface area contributed by atoms with E-state index >= 15 is 0 Å². The molecule has 0 aromatic carbocycles. The first-order valence-electron chi connectivity index (χ1n) is 7.08. The molecule has 2 atom stereocenters. The fourth-order valence-corrected chi connectivity index (χ4v) is 3.56. The average molecular weight is 305 g/mol. The van der Waals surface area contributed by atoms with Gasteiger partial charge in [0.2, 0.25) is 5.91 Å². The van der Waals surface area contributed by atoms with Gasteiger partial charge in [0.25, 0.3) is 0 Å². The van der Waals surface area contributed by atoms with Crippen LogP contribution in [0.2, 0.25) is 0 Å². The van der Waals surface area contributed by atoms with E-state index in [0.29, 0.717) is 6.54 Å². The highest BCUT2D eigenvalue weighted by molar-refractivity contribution is 7.10. The minimum absolute atomic E-state index is 0.00400. The Morgan fingerprint density at radius 2 is 2.43 bits per heavy atom. The molecule has 3 heterocycles. The molecule has 0 aliphatic carbocycles. The van der Waals surface area contributed by atoms with E-state index in [0.717, 1.165) is 30.1 Å². The van der Waals surface area contributed by atoms with Gasteiger partial charge in [-0.05, 0) is 24.3 Å². The van der Waals surface area contributed by atoms with E-state index in [2.05, 4.69) is 10.2 Å². The Morgan fingerprint density at radius 1 is 1.57 bits per heavy atom. The first-order chi connectivity index (χ1) is 10.2. The van der Waals surface area contributed by atoms with Crippen molar-refractivity contribution in [3.63, 3.8) is 0 Å². The first-order valence-corrected chi connectivity index (χ1v) is 7.96. The van der Waals surface area contributed by atoms with Crippen LogP contribution in [0.15, 0.2) is 23.8 Å². The van der Waals surface area contributed by atoms with Gasteiger partial charge in [0.1, 0.15) is 18.2 Å². The maximum atomic E-state index is 12.6. The number of rotatable bonds is 3. The number of thiophene rings is 1. The van der Waals surface area contributed by atoms with E-state index < -0.39 is 6.04 Å². The number of hydrogen-bond acceptors (Lipinski definition) is 5. The largest absolute Gasteiger partial charge is 0.340 e. The van der Waals surface area contributed by atoms with Crippen molar-refractivity contribution in [2.24, 2.45) is 12.8 Å². The molecule has 2 aromatic rings. The average Bonchev–Trinajstić information content (AvgIpc) is 3.17. The van der Waals surface area contributed by atoms with Crippen molar-refractivity contribution in [1.29, 1.82) is 0 Å². The molecule has 7 heteroatoms. The lowest BCUT2D eigenvalue weighted by molar-refractivity contribution is -0.133. The molecular formula is C14H19N5OS. The fourth-order valence-electron chi connectivity index (χ4n) is 2.84. The lowest BCUT2D eigenvalue weighted by Gasteiger charge is -2.33. The number of piperidine rings is 1. The fraction of sp³-hybridized carbons (Fsp3) is 0.500. The minimum Gasteiger partial charge on any atom is -0.340 e. The first kappa shape index (κ1) is 14.2. The van der Waals surface area contributed by atoms with Crippen LogP contribution in [0.3, 0.4) is 0 Å². The molecule has 1 saturated heterocycles. The Kier molecular flexibility index (Phi) is 4.03. The Labute approximate surface area is 127 Å². The molecule has 0 saturated carbocycles. The van der Waals surface area contributed by atoms with Crippen molar-refractivity contribution in [3.8, 4) is 0 Å². The zero-order chi connectivity index (χ0) is 14.8. The maximum absolute atomic E-state index is 12.6. The molecule has 2 N–H and O–H groups in total. The van der Waals surface area contributed by atoms with Crippen LogP contribution in [0, 0.1) is 0 Å². The van der Waals surface area contributed by atoms with Crippen LogP contribution in [0.4, 0.5) is 0 Å². The molecule has 21 heavy (non-hydrogen) atoms. The molecule has 112 valence electrons. The Hall–Kier alpha value is -1.73. The summed E-state index contributed by atoms with van der Waals surface area (Å²) in [4.78, 5) is 15.3. The molecule has 1 amide bonds. The quantitative estimate of drug-likeness (QED) is 0.927. The number of amides is 1. The van der Waals surface area contributed by atoms with Crippen molar-refractivity contribution < 1.29 is 4.79 Å². The summed E-state index contributed by atoms with van der Waals surface area (Å²) in [6.45, 7) is 1.44. The lowest BCUT2D eigenvalue weighted by atomic mass is 9.96. The number of likely N-dealkylation sites (tertiary alicyclic amines) is 1. The van der Waals surface area contributed by atoms with Gasteiger partial charge in [-0.15, -0.1) is 21.5 Å². The molecular weight excluding hydrogens is 286 g/mol. The topological polar surface area (TPSA) is 77.0 Å². The Balaban J connectivity index is 1.71. The summed E-state index contributed by atoms with van der Waals surface area (Å²) in [7, 11) is 1.94. The number of carbonyl (C=O) groups excluding carboxylic acids is 1. The van der Waals surface area contributed by atoms with Gasteiger partial charge in [0, 0.05) is 30.9 Å². The molecule has 2 aromatic heterocycles. The van der Waals surface area contributed by atoms with Gasteiger partial charge >= 0.3 is 0 Å². The predicted octanol–water partition coefficient (Wildman–Crippen LogP) is 1.28. The summed E-state index contributed by atoms with van der Waals surface area (Å²) in [5, 5.41) is 10.0. The minimum atomic E-state index is -0.553. The molecule has 2 unspecified atom stereocenters. The number of carbonyl (C=O) groups is 1. The van der Waals surface area contributed by atoms with E-state index in [-0.39, 0.29) is 11.8 Å². The van der Waals surface area contributed by atoms with E-state index in [1.807, 2.05) is 34.0 Å². The second-order valence-corrected chi connectivity index (χ2v) is 6.40. The number of nitrogens with two attached hydrogens (primary N) is 1. The smallest absolute Gasteiger partial charge is 0.244 e. The van der Waals surface area contributed by atoms with Crippen molar-refractivity contribution in [1.82, 2.24) is 19.7 Å². The second kappa shape index (κ2) is 5.95. The summed E-state index contributed by atoms with van der Waals surface area (Å²) in [6.07, 6.45) is 3.71. The van der Waals surface area contributed by atoms with Crippen LogP contribution in [-0.4, -0.2) is 38.7 Å². The summed E-state index contributed by atoms with van der Waals surface area (Å²) in [5.41, 5.74) is 6.09. The van der Waals surface area contributed by atoms with Crippen LogP contribution >= 0.6 is 11.3 Å². The zero-order valence-electron chi connectivity index (χ0n) is 12.0. The van der Waals surface area contributed by atoms with E-state index in [1.54, 1.807) is 6.33 Å². The van der Waals surface area contributed by atoms with Gasteiger partial charge in [0.05, 0.1) is 0 Å². The second-order valence-electron chi connectivity index (χ2n) is 5.42. The van der Waals surface area contributed by atoms with Crippen LogP contribution in [0.25, 0.3) is 0 Å². The third-order valence-electron chi connectivity index (χ3n) is 3.96. The van der Waals surface area contributed by atoms with Gasteiger partial charge < -0.3 is 15.2 Å². The van der Waals surface area contributed by atoms with Gasteiger partial charge in [-0.3, -0.25) is 4.79 Å². The van der Waals surface area contributed by atoms with Gasteiger partial charge in [-0.25, -0.2) is 0 Å². The summed E-state index contributed by atoms with van der Waals surface area (Å²) in [6, 6.07) is 3.28. The normalized spacial score (nSPS) is 20.5. The Morgan fingerprint density at radius 3 is 3.10 bits per heavy atom. The molecule has 6 nitrogen and oxygen atoms in total. The number of aromatic nitrogens is 3. The summed E-state index contributed by atoms with van der Waals surface area (Å²) >= 11 is 1.53. The van der Waals surface area contributed by atoms with Crippen molar-refractivity contribution in [3.05, 3.63) is 34.5 Å². The van der Waals surface area contributed by atoms with Crippen LogP contribution in [0.5, 0.6) is 0 Å². The van der Waals surface area contributed by atoms with Gasteiger partial charge in [0.15, 0.2) is 0 Å². The molecule has 1 fully saturated rings. The standard InChI is InChI=1S/C14H19N5OS/c1-18-9-16-17-13(18)10-4-2-6-19(8-10)14(20)12(15)11-5-3-7-21-11/h3,5,7,9-10,12H,2,4,6,8,15H2,1H3. The van der Waals surface area contributed by atoms with Crippen molar-refractivity contribution in [2.45, 2.75) is 24.8 Å². The SMILES string of the molecule is Cn1cnnc1C1CCCN(C(=O)C(N)c2cccs2)C1. The number of hydrogen-bond donors (Lipinski definition) is 1. The maximum Gasteiger partial charge on any atom is 0.244 e. The van der Waals surface area contributed by atoms with Crippen molar-refractivity contribution >= 4 is 17.2 Å². The molecule has 1 aliphatic heterocycles. The highest BCUT2D eigenvalue weighted by Gasteiger charge is 2.30. The molecule has 0 bridgehead atoms. The van der Waals surface area contributed by atoms with Gasteiger partial charge in [-0.2, -0.15) is 0 Å². The summed E-state index contributed by atoms with van der Waals surface area (Å²) < 4.78 is 1.93. The number of nitrogens with zero attached hydrogens (tertiary/aromatic N) is 4. The molecule has 1 aliphatic rings. The highest BCUT2D eigenvalue weighted by Crippen LogP contribution is 2.27. The lowest BCUT2D eigenvalue weighted by Crippen LogP contribution is -2.44. The molecule has 0 spiro atoms. The van der Waals surface area contributed by atoms with E-state index in [9.17, 15) is 4.79 Å². The van der Waals surface area contributed by atoms with Crippen LogP contribution in [-0.2, 0) is 11.8 Å². The van der Waals surface area contributed by atoms with Crippen LogP contribution in [0.1, 0.15) is 35.5 Å². The van der Waals surface area contributed by atoms with Crippen LogP contribution < -0.4 is 5.73 Å². The van der Waals surface area contributed by atoms with Gasteiger partial charge in [-0.1, -0.05) is 6.07 Å². The molecule has 0 radical (unpaired) electrons. The third kappa shape index (κ3) is 2.84. The zero-order valence-corrected chi connectivity index (χ0v) is 12.8. The monoisotopic (exact) mass is 305 g/mol. The van der Waals surface area contributed by atoms with Crippen molar-refractivity contribution in [2.75, 3.05) is 13.1 Å². The summed E-state index contributed by atoms with van der Waals surface area (Å²) in [5.74, 6) is 1.19.